The molecule has 0 saturated heterocycles. The fraction of sp³-hybridized carbons (Fsp3) is 0.323. The third-order valence-electron chi connectivity index (χ3n) is 6.39. The zero-order valence-corrected chi connectivity index (χ0v) is 22.1. The van der Waals surface area contributed by atoms with Crippen molar-refractivity contribution < 1.29 is 19.5 Å². The van der Waals surface area contributed by atoms with Gasteiger partial charge < -0.3 is 15.7 Å². The van der Waals surface area contributed by atoms with Crippen LogP contribution in [-0.2, 0) is 14.4 Å². The minimum absolute atomic E-state index is 0.146. The van der Waals surface area contributed by atoms with Crippen LogP contribution in [0.1, 0.15) is 50.7 Å². The standard InChI is InChI=1S/C31H37N3O4/c1-21(2)19-27(29(35)33-25-17-11-6-12-18-25)34-30(36)28(32-22(3)31(37)38)20-26(23-13-7-4-8-14-23)24-15-9-5-10-16-24/h4-18,21-22,26-28,32H,19-20H2,1-3H3,(H,33,35)(H,34,36)(H,37,38)/t22?,27-,28-/m0/s1. The summed E-state index contributed by atoms with van der Waals surface area (Å²) in [5, 5.41) is 18.4. The van der Waals surface area contributed by atoms with Gasteiger partial charge >= 0.3 is 5.97 Å². The van der Waals surface area contributed by atoms with E-state index in [-0.39, 0.29) is 17.7 Å². The predicted molar refractivity (Wildman–Crippen MR) is 150 cm³/mol. The van der Waals surface area contributed by atoms with Gasteiger partial charge in [-0.05, 0) is 48.9 Å². The molecular weight excluding hydrogens is 478 g/mol. The van der Waals surface area contributed by atoms with Gasteiger partial charge in [-0.25, -0.2) is 0 Å². The summed E-state index contributed by atoms with van der Waals surface area (Å²) in [5.74, 6) is -1.80. The van der Waals surface area contributed by atoms with Crippen LogP contribution in [0.2, 0.25) is 0 Å². The third-order valence-corrected chi connectivity index (χ3v) is 6.39. The van der Waals surface area contributed by atoms with E-state index in [9.17, 15) is 19.5 Å². The average Bonchev–Trinajstić information content (AvgIpc) is 2.91. The van der Waals surface area contributed by atoms with Crippen LogP contribution in [0.15, 0.2) is 91.0 Å². The van der Waals surface area contributed by atoms with Crippen LogP contribution in [0.5, 0.6) is 0 Å². The topological polar surface area (TPSA) is 108 Å². The lowest BCUT2D eigenvalue weighted by molar-refractivity contribution is -0.139. The maximum atomic E-state index is 13.7. The van der Waals surface area contributed by atoms with Crippen LogP contribution in [0.25, 0.3) is 0 Å². The van der Waals surface area contributed by atoms with Gasteiger partial charge in [-0.1, -0.05) is 92.7 Å². The number of carbonyl (C=O) groups is 3. The quantitative estimate of drug-likeness (QED) is 0.261. The number of carboxylic acids is 1. The summed E-state index contributed by atoms with van der Waals surface area (Å²) in [7, 11) is 0. The first-order chi connectivity index (χ1) is 18.2. The number of carbonyl (C=O) groups excluding carboxylic acids is 2. The molecule has 0 aliphatic carbocycles. The van der Waals surface area contributed by atoms with E-state index in [2.05, 4.69) is 16.0 Å². The molecule has 3 rings (SSSR count). The highest BCUT2D eigenvalue weighted by Crippen LogP contribution is 2.29. The molecule has 1 unspecified atom stereocenters. The fourth-order valence-corrected chi connectivity index (χ4v) is 4.42. The number of aliphatic carboxylic acids is 1. The molecule has 7 heteroatoms. The smallest absolute Gasteiger partial charge is 0.320 e. The van der Waals surface area contributed by atoms with Crippen molar-refractivity contribution in [2.75, 3.05) is 5.32 Å². The fourth-order valence-electron chi connectivity index (χ4n) is 4.42. The molecule has 200 valence electrons. The highest BCUT2D eigenvalue weighted by molar-refractivity contribution is 5.98. The number of carboxylic acid groups (broad SMARTS) is 1. The predicted octanol–water partition coefficient (Wildman–Crippen LogP) is 4.81. The van der Waals surface area contributed by atoms with E-state index in [1.54, 1.807) is 12.1 Å². The molecule has 3 atom stereocenters. The molecule has 4 N–H and O–H groups in total. The van der Waals surface area contributed by atoms with Crippen molar-refractivity contribution >= 4 is 23.5 Å². The second-order valence-electron chi connectivity index (χ2n) is 9.93. The average molecular weight is 516 g/mol. The zero-order valence-electron chi connectivity index (χ0n) is 22.1. The van der Waals surface area contributed by atoms with Crippen molar-refractivity contribution in [3.05, 3.63) is 102 Å². The number of para-hydroxylation sites is 1. The van der Waals surface area contributed by atoms with Gasteiger partial charge in [-0.2, -0.15) is 0 Å². The number of nitrogens with one attached hydrogen (secondary N) is 3. The van der Waals surface area contributed by atoms with Crippen LogP contribution in [0.3, 0.4) is 0 Å². The summed E-state index contributed by atoms with van der Waals surface area (Å²) < 4.78 is 0. The van der Waals surface area contributed by atoms with Crippen molar-refractivity contribution in [3.8, 4) is 0 Å². The number of benzene rings is 3. The Bertz CT molecular complexity index is 1130. The van der Waals surface area contributed by atoms with Gasteiger partial charge in [-0.15, -0.1) is 0 Å². The van der Waals surface area contributed by atoms with Crippen LogP contribution in [0, 0.1) is 5.92 Å². The molecule has 2 amide bonds. The molecule has 3 aromatic carbocycles. The lowest BCUT2D eigenvalue weighted by Gasteiger charge is -2.28. The second-order valence-corrected chi connectivity index (χ2v) is 9.93. The molecule has 0 aromatic heterocycles. The monoisotopic (exact) mass is 515 g/mol. The van der Waals surface area contributed by atoms with Gasteiger partial charge in [0.1, 0.15) is 12.1 Å². The molecule has 0 aliphatic heterocycles. The van der Waals surface area contributed by atoms with Crippen molar-refractivity contribution in [2.45, 2.75) is 57.7 Å². The Morgan fingerprint density at radius 3 is 1.66 bits per heavy atom. The van der Waals surface area contributed by atoms with Crippen LogP contribution < -0.4 is 16.0 Å². The van der Waals surface area contributed by atoms with E-state index >= 15 is 0 Å². The minimum atomic E-state index is -1.06. The Labute approximate surface area is 224 Å². The maximum Gasteiger partial charge on any atom is 0.320 e. The first kappa shape index (κ1) is 28.6. The Morgan fingerprint density at radius 1 is 0.684 bits per heavy atom. The van der Waals surface area contributed by atoms with E-state index in [1.807, 2.05) is 92.7 Å². The van der Waals surface area contributed by atoms with Gasteiger partial charge in [0.2, 0.25) is 11.8 Å². The van der Waals surface area contributed by atoms with E-state index in [0.717, 1.165) is 11.1 Å². The number of anilines is 1. The highest BCUT2D eigenvalue weighted by atomic mass is 16.4. The largest absolute Gasteiger partial charge is 0.480 e. The zero-order chi connectivity index (χ0) is 27.5. The lowest BCUT2D eigenvalue weighted by atomic mass is 9.85. The number of rotatable bonds is 13. The highest BCUT2D eigenvalue weighted by Gasteiger charge is 2.31. The van der Waals surface area contributed by atoms with Gasteiger partial charge in [0.15, 0.2) is 0 Å². The van der Waals surface area contributed by atoms with E-state index < -0.39 is 30.0 Å². The van der Waals surface area contributed by atoms with Gasteiger partial charge in [-0.3, -0.25) is 19.7 Å². The number of hydrogen-bond acceptors (Lipinski definition) is 4. The van der Waals surface area contributed by atoms with Crippen molar-refractivity contribution in [3.63, 3.8) is 0 Å². The third kappa shape index (κ3) is 8.56. The number of hydrogen-bond donors (Lipinski definition) is 4. The minimum Gasteiger partial charge on any atom is -0.480 e. The Morgan fingerprint density at radius 2 is 1.18 bits per heavy atom. The van der Waals surface area contributed by atoms with Crippen molar-refractivity contribution in [1.29, 1.82) is 0 Å². The summed E-state index contributed by atoms with van der Waals surface area (Å²) in [4.78, 5) is 38.6. The summed E-state index contributed by atoms with van der Waals surface area (Å²) in [5.41, 5.74) is 2.67. The Hall–Kier alpha value is -3.97. The molecule has 0 fully saturated rings. The molecule has 0 radical (unpaired) electrons. The lowest BCUT2D eigenvalue weighted by Crippen LogP contribution is -2.54. The summed E-state index contributed by atoms with van der Waals surface area (Å²) in [6.07, 6.45) is 0.749. The van der Waals surface area contributed by atoms with Crippen molar-refractivity contribution in [1.82, 2.24) is 10.6 Å². The molecule has 0 heterocycles. The maximum absolute atomic E-state index is 13.7. The molecule has 7 nitrogen and oxygen atoms in total. The summed E-state index contributed by atoms with van der Waals surface area (Å²) in [6, 6.07) is 26.1. The first-order valence-electron chi connectivity index (χ1n) is 13.0. The van der Waals surface area contributed by atoms with E-state index in [4.69, 9.17) is 0 Å². The van der Waals surface area contributed by atoms with E-state index in [0.29, 0.717) is 18.5 Å². The molecule has 0 bridgehead atoms. The molecule has 0 aliphatic rings. The Balaban J connectivity index is 1.88. The van der Waals surface area contributed by atoms with Gasteiger partial charge in [0.25, 0.3) is 0 Å². The number of amides is 2. The van der Waals surface area contributed by atoms with E-state index in [1.165, 1.54) is 6.92 Å². The summed E-state index contributed by atoms with van der Waals surface area (Å²) in [6.45, 7) is 5.48. The van der Waals surface area contributed by atoms with Crippen molar-refractivity contribution in [2.24, 2.45) is 5.92 Å². The van der Waals surface area contributed by atoms with Crippen LogP contribution in [0.4, 0.5) is 5.69 Å². The molecule has 3 aromatic rings. The van der Waals surface area contributed by atoms with Gasteiger partial charge in [0, 0.05) is 11.6 Å². The molecule has 38 heavy (non-hydrogen) atoms. The Kier molecular flexibility index (Phi) is 10.6. The normalized spacial score (nSPS) is 13.5. The molecule has 0 spiro atoms. The van der Waals surface area contributed by atoms with Crippen LogP contribution in [-0.4, -0.2) is 41.0 Å². The second kappa shape index (κ2) is 14.1. The summed E-state index contributed by atoms with van der Waals surface area (Å²) >= 11 is 0. The van der Waals surface area contributed by atoms with Gasteiger partial charge in [0.05, 0.1) is 6.04 Å². The molecule has 0 saturated carbocycles. The first-order valence-corrected chi connectivity index (χ1v) is 13.0. The van der Waals surface area contributed by atoms with Crippen LogP contribution >= 0.6 is 0 Å². The SMILES string of the molecule is CC(C)C[C@H](NC(=O)[C@H](CC(c1ccccc1)c1ccccc1)NC(C)C(=O)O)C(=O)Nc1ccccc1. The molecular formula is C31H37N3O4.